The lowest BCUT2D eigenvalue weighted by Crippen LogP contribution is -2.42. The molecule has 0 bridgehead atoms. The first-order valence-corrected chi connectivity index (χ1v) is 19.4. The van der Waals surface area contributed by atoms with Crippen LogP contribution in [0.3, 0.4) is 0 Å². The maximum Gasteiger partial charge on any atom is 0.407 e. The number of imidazole rings is 2. The molecule has 3 aromatic carbocycles. The second kappa shape index (κ2) is 17.1. The molecule has 59 heavy (non-hydrogen) atoms. The smallest absolute Gasteiger partial charge is 0.407 e. The van der Waals surface area contributed by atoms with E-state index >= 15 is 0 Å². The molecule has 4 N–H and O–H groups in total. The Bertz CT molecular complexity index is 2410. The summed E-state index contributed by atoms with van der Waals surface area (Å²) in [4.78, 5) is 76.2. The monoisotopic (exact) mass is 797 g/mol. The van der Waals surface area contributed by atoms with Gasteiger partial charge in [0.1, 0.15) is 29.4 Å². The molecule has 0 aliphatic carbocycles. The number of nitrogens with zero attached hydrogens (tertiary/aromatic N) is 5. The molecule has 8 rings (SSSR count). The van der Waals surface area contributed by atoms with Crippen LogP contribution in [0.4, 0.5) is 9.59 Å². The first kappa shape index (κ1) is 38.6. The molecule has 2 fully saturated rings. The van der Waals surface area contributed by atoms with Crippen LogP contribution >= 0.6 is 0 Å². The van der Waals surface area contributed by atoms with Crippen molar-refractivity contribution in [3.05, 3.63) is 126 Å². The Morgan fingerprint density at radius 2 is 1.12 bits per heavy atom. The second-order valence-electron chi connectivity index (χ2n) is 14.3. The summed E-state index contributed by atoms with van der Waals surface area (Å²) in [6, 6.07) is 23.5. The number of carbonyl (C=O) groups is 4. The molecule has 16 heteroatoms. The molecule has 2 aliphatic heterocycles. The minimum Gasteiger partial charge on any atom is -0.453 e. The van der Waals surface area contributed by atoms with Gasteiger partial charge in [-0.2, -0.15) is 0 Å². The van der Waals surface area contributed by atoms with Crippen LogP contribution in [0.1, 0.15) is 72.6 Å². The van der Waals surface area contributed by atoms with Crippen LogP contribution in [0.25, 0.3) is 34.2 Å². The molecule has 6 aromatic rings. The molecule has 4 atom stereocenters. The highest BCUT2D eigenvalue weighted by molar-refractivity contribution is 5.88. The van der Waals surface area contributed by atoms with Gasteiger partial charge in [-0.1, -0.05) is 84.9 Å². The first-order valence-electron chi connectivity index (χ1n) is 19.4. The molecule has 0 radical (unpaired) electrons. The molecular weight excluding hydrogens is 755 g/mol. The summed E-state index contributed by atoms with van der Waals surface area (Å²) >= 11 is 0. The summed E-state index contributed by atoms with van der Waals surface area (Å²) in [5.41, 5.74) is 4.37. The van der Waals surface area contributed by atoms with E-state index in [0.717, 1.165) is 36.1 Å². The Kier molecular flexibility index (Phi) is 11.2. The van der Waals surface area contributed by atoms with Gasteiger partial charge < -0.3 is 44.3 Å². The third-order valence-electron chi connectivity index (χ3n) is 10.8. The van der Waals surface area contributed by atoms with Crippen molar-refractivity contribution in [2.45, 2.75) is 49.9 Å². The number of H-pyrrole nitrogens is 2. The number of alkyl carbamates (subject to hydrolysis) is 2. The van der Waals surface area contributed by atoms with Crippen LogP contribution in [0.2, 0.25) is 0 Å². The van der Waals surface area contributed by atoms with Crippen molar-refractivity contribution >= 4 is 24.0 Å². The van der Waals surface area contributed by atoms with Crippen LogP contribution in [-0.4, -0.2) is 86.0 Å². The number of amides is 4. The molecule has 302 valence electrons. The fraction of sp³-hybridized carbons (Fsp3) is 0.279. The van der Waals surface area contributed by atoms with Gasteiger partial charge in [-0.25, -0.2) is 24.5 Å². The summed E-state index contributed by atoms with van der Waals surface area (Å²) in [7, 11) is 2.53. The molecule has 0 spiro atoms. The lowest BCUT2D eigenvalue weighted by Gasteiger charge is -2.28. The highest BCUT2D eigenvalue weighted by Gasteiger charge is 2.38. The topological polar surface area (TPSA) is 201 Å². The second-order valence-corrected chi connectivity index (χ2v) is 14.3. The third kappa shape index (κ3) is 8.14. The number of nitrogens with one attached hydrogen (secondary N) is 4. The van der Waals surface area contributed by atoms with Crippen LogP contribution in [0, 0.1) is 0 Å². The average molecular weight is 798 g/mol. The van der Waals surface area contributed by atoms with Gasteiger partial charge in [-0.05, 0) is 42.4 Å². The maximum absolute atomic E-state index is 13.9. The minimum absolute atomic E-state index is 0.234. The van der Waals surface area contributed by atoms with Crippen LogP contribution in [0.5, 0.6) is 0 Å². The van der Waals surface area contributed by atoms with E-state index in [4.69, 9.17) is 13.9 Å². The lowest BCUT2D eigenvalue weighted by atomic mass is 10.1. The van der Waals surface area contributed by atoms with Crippen molar-refractivity contribution in [2.75, 3.05) is 27.3 Å². The van der Waals surface area contributed by atoms with Gasteiger partial charge in [0, 0.05) is 18.7 Å². The normalized spacial score (nSPS) is 17.3. The first-order chi connectivity index (χ1) is 28.8. The number of rotatable bonds is 11. The Hall–Kier alpha value is -7.23. The highest BCUT2D eigenvalue weighted by atomic mass is 16.5. The molecule has 0 unspecified atom stereocenters. The predicted molar refractivity (Wildman–Crippen MR) is 214 cm³/mol. The molecule has 3 aromatic heterocycles. The van der Waals surface area contributed by atoms with Gasteiger partial charge in [0.15, 0.2) is 5.76 Å². The van der Waals surface area contributed by atoms with Gasteiger partial charge in [0.2, 0.25) is 5.89 Å². The van der Waals surface area contributed by atoms with Crippen molar-refractivity contribution in [2.24, 2.45) is 0 Å². The number of hydrogen-bond acceptors (Lipinski definition) is 10. The number of methoxy groups -OCH3 is 2. The van der Waals surface area contributed by atoms with E-state index < -0.39 is 24.3 Å². The Labute approximate surface area is 339 Å². The third-order valence-corrected chi connectivity index (χ3v) is 10.8. The predicted octanol–water partition coefficient (Wildman–Crippen LogP) is 6.64. The SMILES string of the molecule is COC(=O)N[C@@H](C(=O)N1CCC[C@@H]1c1ncc(-c2ccc(-c3cnc(-c4cnc([C@H]5CCCN5C(=O)[C@H](NC(=O)OC)c5ccccc5)[nH]4)o3)cc2)[nH]1)c1ccccc1. The fourth-order valence-electron chi connectivity index (χ4n) is 7.79. The molecule has 2 saturated heterocycles. The summed E-state index contributed by atoms with van der Waals surface area (Å²) in [5.74, 6) is 1.67. The highest BCUT2D eigenvalue weighted by Crippen LogP contribution is 2.36. The molecular formula is C43H43N9O7. The van der Waals surface area contributed by atoms with Gasteiger partial charge in [0.05, 0.1) is 50.6 Å². The fourth-order valence-corrected chi connectivity index (χ4v) is 7.79. The summed E-state index contributed by atoms with van der Waals surface area (Å²) in [6.07, 6.45) is 6.66. The molecule has 4 amide bonds. The number of aromatic amines is 2. The van der Waals surface area contributed by atoms with Gasteiger partial charge in [0.25, 0.3) is 11.8 Å². The zero-order valence-corrected chi connectivity index (χ0v) is 32.5. The Morgan fingerprint density at radius 3 is 1.63 bits per heavy atom. The van der Waals surface area contributed by atoms with E-state index in [0.29, 0.717) is 59.6 Å². The summed E-state index contributed by atoms with van der Waals surface area (Å²) in [5, 5.41) is 5.38. The molecule has 5 heterocycles. The van der Waals surface area contributed by atoms with E-state index in [1.165, 1.54) is 14.2 Å². The molecule has 0 saturated carbocycles. The van der Waals surface area contributed by atoms with Gasteiger partial charge >= 0.3 is 12.2 Å². The number of oxazole rings is 1. The van der Waals surface area contributed by atoms with Gasteiger partial charge in [-0.3, -0.25) is 9.59 Å². The number of ether oxygens (including phenoxy) is 2. The zero-order chi connectivity index (χ0) is 40.9. The summed E-state index contributed by atoms with van der Waals surface area (Å²) in [6.45, 7) is 1.04. The van der Waals surface area contributed by atoms with Crippen molar-refractivity contribution in [3.63, 3.8) is 0 Å². The molecule has 2 aliphatic rings. The van der Waals surface area contributed by atoms with E-state index in [1.54, 1.807) is 52.7 Å². The van der Waals surface area contributed by atoms with E-state index in [-0.39, 0.29) is 23.9 Å². The van der Waals surface area contributed by atoms with Crippen molar-refractivity contribution in [1.29, 1.82) is 0 Å². The van der Waals surface area contributed by atoms with Crippen LogP contribution in [0.15, 0.2) is 108 Å². The average Bonchev–Trinajstić information content (AvgIpc) is 4.13. The lowest BCUT2D eigenvalue weighted by molar-refractivity contribution is -0.135. The molecule has 16 nitrogen and oxygen atoms in total. The summed E-state index contributed by atoms with van der Waals surface area (Å²) < 4.78 is 15.8. The number of aromatic nitrogens is 5. The van der Waals surface area contributed by atoms with Crippen LogP contribution < -0.4 is 10.6 Å². The van der Waals surface area contributed by atoms with Crippen LogP contribution in [-0.2, 0) is 19.1 Å². The van der Waals surface area contributed by atoms with E-state index in [9.17, 15) is 19.2 Å². The standard InChI is InChI=1S/C43H43N9O7/c1-57-42(55)49-35(28-11-5-3-6-12-28)40(53)51-21-9-15-32(51)37-44-23-30(47-37)26-17-19-27(20-18-26)34-25-46-39(59-34)31-24-45-38(48-31)33-16-10-22-52(33)41(54)36(50-43(56)58-2)29-13-7-4-8-14-29/h3-8,11-14,17-20,23-25,32-33,35-36H,9-10,15-16,21-22H2,1-2H3,(H,44,47)(H,45,48)(H,49,55)(H,50,56)/t32-,33-,35-,36-/m1/s1. The number of benzene rings is 3. The van der Waals surface area contributed by atoms with E-state index in [1.807, 2.05) is 60.7 Å². The quantitative estimate of drug-likeness (QED) is 0.110. The van der Waals surface area contributed by atoms with Crippen molar-refractivity contribution in [1.82, 2.24) is 45.4 Å². The number of carbonyl (C=O) groups excluding carboxylic acids is 4. The Morgan fingerprint density at radius 1 is 0.644 bits per heavy atom. The van der Waals surface area contributed by atoms with Crippen molar-refractivity contribution in [3.8, 4) is 34.2 Å². The minimum atomic E-state index is -0.917. The zero-order valence-electron chi connectivity index (χ0n) is 32.5. The Balaban J connectivity index is 0.940. The van der Waals surface area contributed by atoms with Gasteiger partial charge in [-0.15, -0.1) is 0 Å². The van der Waals surface area contributed by atoms with E-state index in [2.05, 4.69) is 35.6 Å². The number of likely N-dealkylation sites (tertiary alicyclic amines) is 2. The number of hydrogen-bond donors (Lipinski definition) is 4. The van der Waals surface area contributed by atoms with Crippen molar-refractivity contribution < 1.29 is 33.1 Å². The largest absolute Gasteiger partial charge is 0.453 e. The maximum atomic E-state index is 13.9.